The van der Waals surface area contributed by atoms with Crippen LogP contribution in [0.15, 0.2) is 35.6 Å². The van der Waals surface area contributed by atoms with E-state index in [0.717, 1.165) is 12.1 Å². The summed E-state index contributed by atoms with van der Waals surface area (Å²) in [6.07, 6.45) is 9.63. The summed E-state index contributed by atoms with van der Waals surface area (Å²) in [4.78, 5) is 0. The molecule has 1 nitrogen and oxygen atoms in total. The molecule has 86 valence electrons. The molecule has 0 spiro atoms. The highest BCUT2D eigenvalue weighted by atomic mass is 14.6. The minimum absolute atomic E-state index is 0.421. The third-order valence-electron chi connectivity index (χ3n) is 2.59. The maximum Gasteiger partial charge on any atom is 0.0251 e. The molecule has 1 aliphatic rings. The molecule has 0 aromatic carbocycles. The van der Waals surface area contributed by atoms with Gasteiger partial charge in [0.25, 0.3) is 0 Å². The predicted molar refractivity (Wildman–Crippen MR) is 69.5 cm³/mol. The van der Waals surface area contributed by atoms with Crippen LogP contribution < -0.4 is 5.73 Å². The van der Waals surface area contributed by atoms with Gasteiger partial charge in [-0.25, -0.2) is 0 Å². The molecule has 0 bridgehead atoms. The molecular weight excluding hydrogens is 182 g/mol. The number of nitrogens with two attached hydrogens (primary N) is 1. The second-order valence-corrected chi connectivity index (χ2v) is 3.74. The first-order chi connectivity index (χ1) is 7.16. The van der Waals surface area contributed by atoms with Crippen molar-refractivity contribution in [1.82, 2.24) is 0 Å². The lowest BCUT2D eigenvalue weighted by atomic mass is 9.81. The number of hydrogen-bond donors (Lipinski definition) is 1. The van der Waals surface area contributed by atoms with Crippen molar-refractivity contribution >= 4 is 0 Å². The number of hydrogen-bond acceptors (Lipinski definition) is 1. The zero-order valence-electron chi connectivity index (χ0n) is 10.7. The zero-order chi connectivity index (χ0) is 11.8. The fourth-order valence-electron chi connectivity index (χ4n) is 1.94. The van der Waals surface area contributed by atoms with Crippen molar-refractivity contribution in [2.45, 2.75) is 41.0 Å². The summed E-state index contributed by atoms with van der Waals surface area (Å²) < 4.78 is 0. The van der Waals surface area contributed by atoms with E-state index < -0.39 is 0 Å². The van der Waals surface area contributed by atoms with Crippen LogP contribution in [0.3, 0.4) is 0 Å². The molecule has 0 heterocycles. The quantitative estimate of drug-likeness (QED) is 0.726. The molecular formula is C14H25N. The molecule has 1 aliphatic carbocycles. The smallest absolute Gasteiger partial charge is 0.0251 e. The van der Waals surface area contributed by atoms with Gasteiger partial charge < -0.3 is 5.73 Å². The van der Waals surface area contributed by atoms with Gasteiger partial charge in [-0.15, -0.1) is 0 Å². The van der Waals surface area contributed by atoms with E-state index in [0.29, 0.717) is 11.8 Å². The summed E-state index contributed by atoms with van der Waals surface area (Å²) >= 11 is 0. The second-order valence-electron chi connectivity index (χ2n) is 3.74. The number of rotatable bonds is 2. The molecule has 0 aromatic rings. The topological polar surface area (TPSA) is 26.0 Å². The molecule has 0 aromatic heterocycles. The summed E-state index contributed by atoms with van der Waals surface area (Å²) in [6.45, 7) is 10.5. The fourth-order valence-corrected chi connectivity index (χ4v) is 1.94. The van der Waals surface area contributed by atoms with Crippen molar-refractivity contribution in [3.05, 3.63) is 35.6 Å². The first-order valence-electron chi connectivity index (χ1n) is 5.97. The van der Waals surface area contributed by atoms with Crippen molar-refractivity contribution in [2.75, 3.05) is 0 Å². The third-order valence-corrected chi connectivity index (χ3v) is 2.59. The zero-order valence-corrected chi connectivity index (χ0v) is 10.7. The molecule has 2 unspecified atom stereocenters. The molecule has 2 atom stereocenters. The van der Waals surface area contributed by atoms with Crippen molar-refractivity contribution in [3.8, 4) is 0 Å². The largest absolute Gasteiger partial charge is 0.402 e. The standard InChI is InChI=1S/C12H19N.C2H6/c1-4-6-11(13)12-9(2)7-5-8-10(12)3;1-2/h5-9,12H,4,13H2,1-3H3;1-2H3/b11-6-;. The van der Waals surface area contributed by atoms with Crippen molar-refractivity contribution in [1.29, 1.82) is 0 Å². The van der Waals surface area contributed by atoms with Crippen LogP contribution in [0.5, 0.6) is 0 Å². The van der Waals surface area contributed by atoms with Gasteiger partial charge in [-0.05, 0) is 19.3 Å². The molecule has 0 amide bonds. The van der Waals surface area contributed by atoms with Gasteiger partial charge in [0, 0.05) is 11.6 Å². The molecule has 0 fully saturated rings. The lowest BCUT2D eigenvalue weighted by Gasteiger charge is -2.25. The Morgan fingerprint density at radius 2 is 2.07 bits per heavy atom. The predicted octanol–water partition coefficient (Wildman–Crippen LogP) is 4.03. The lowest BCUT2D eigenvalue weighted by Crippen LogP contribution is -2.21. The first kappa shape index (κ1) is 14.0. The molecule has 0 radical (unpaired) electrons. The highest BCUT2D eigenvalue weighted by Crippen LogP contribution is 2.29. The second kappa shape index (κ2) is 7.33. The third kappa shape index (κ3) is 3.94. The highest BCUT2D eigenvalue weighted by Gasteiger charge is 2.20. The molecule has 2 N–H and O–H groups in total. The van der Waals surface area contributed by atoms with Crippen LogP contribution >= 0.6 is 0 Å². The summed E-state index contributed by atoms with van der Waals surface area (Å²) in [5.41, 5.74) is 8.42. The van der Waals surface area contributed by atoms with E-state index in [1.807, 2.05) is 13.8 Å². The minimum Gasteiger partial charge on any atom is -0.402 e. The van der Waals surface area contributed by atoms with Crippen LogP contribution in [0.4, 0.5) is 0 Å². The summed E-state index contributed by atoms with van der Waals surface area (Å²) in [7, 11) is 0. The average molecular weight is 207 g/mol. The van der Waals surface area contributed by atoms with E-state index in [-0.39, 0.29) is 0 Å². The van der Waals surface area contributed by atoms with Gasteiger partial charge in [-0.1, -0.05) is 57.6 Å². The average Bonchev–Trinajstić information content (AvgIpc) is 2.21. The van der Waals surface area contributed by atoms with Crippen LogP contribution in [0.25, 0.3) is 0 Å². The molecule has 1 heteroatoms. The molecule has 0 saturated carbocycles. The molecule has 0 aliphatic heterocycles. The maximum atomic E-state index is 6.03. The van der Waals surface area contributed by atoms with E-state index in [9.17, 15) is 0 Å². The Bertz CT molecular complexity index is 259. The highest BCUT2D eigenvalue weighted by molar-refractivity contribution is 5.28. The van der Waals surface area contributed by atoms with E-state index in [1.54, 1.807) is 0 Å². The Kier molecular flexibility index (Phi) is 6.85. The summed E-state index contributed by atoms with van der Waals surface area (Å²) in [5, 5.41) is 0. The van der Waals surface area contributed by atoms with Gasteiger partial charge in [0.05, 0.1) is 0 Å². The van der Waals surface area contributed by atoms with Gasteiger partial charge >= 0.3 is 0 Å². The van der Waals surface area contributed by atoms with Crippen LogP contribution in [-0.2, 0) is 0 Å². The van der Waals surface area contributed by atoms with E-state index in [1.165, 1.54) is 5.57 Å². The van der Waals surface area contributed by atoms with Gasteiger partial charge in [-0.3, -0.25) is 0 Å². The van der Waals surface area contributed by atoms with Crippen molar-refractivity contribution in [3.63, 3.8) is 0 Å². The Labute approximate surface area is 94.8 Å². The van der Waals surface area contributed by atoms with Crippen LogP contribution in [0.2, 0.25) is 0 Å². The van der Waals surface area contributed by atoms with E-state index in [2.05, 4.69) is 45.1 Å². The summed E-state index contributed by atoms with van der Waals surface area (Å²) in [6, 6.07) is 0. The number of allylic oxidation sites excluding steroid dienone is 5. The molecule has 1 rings (SSSR count). The lowest BCUT2D eigenvalue weighted by molar-refractivity contribution is 0.540. The fraction of sp³-hybridized carbons (Fsp3) is 0.571. The van der Waals surface area contributed by atoms with Crippen LogP contribution in [-0.4, -0.2) is 0 Å². The van der Waals surface area contributed by atoms with Gasteiger partial charge in [0.2, 0.25) is 0 Å². The van der Waals surface area contributed by atoms with Gasteiger partial charge in [0.1, 0.15) is 0 Å². The SMILES string of the molecule is CC.CC/C=C(\N)C1C(C)=CC=CC1C. The molecule has 15 heavy (non-hydrogen) atoms. The Morgan fingerprint density at radius 3 is 2.53 bits per heavy atom. The maximum absolute atomic E-state index is 6.03. The van der Waals surface area contributed by atoms with Gasteiger partial charge in [-0.2, -0.15) is 0 Å². The first-order valence-corrected chi connectivity index (χ1v) is 5.97. The van der Waals surface area contributed by atoms with E-state index in [4.69, 9.17) is 5.73 Å². The van der Waals surface area contributed by atoms with Crippen LogP contribution in [0, 0.1) is 11.8 Å². The van der Waals surface area contributed by atoms with Crippen molar-refractivity contribution < 1.29 is 0 Å². The molecule has 0 saturated heterocycles. The van der Waals surface area contributed by atoms with Gasteiger partial charge in [0.15, 0.2) is 0 Å². The Hall–Kier alpha value is -0.980. The van der Waals surface area contributed by atoms with Crippen LogP contribution in [0.1, 0.15) is 41.0 Å². The Morgan fingerprint density at radius 1 is 1.47 bits per heavy atom. The van der Waals surface area contributed by atoms with Crippen molar-refractivity contribution in [2.24, 2.45) is 17.6 Å². The Balaban J connectivity index is 0.000000921. The normalized spacial score (nSPS) is 25.4. The van der Waals surface area contributed by atoms with E-state index >= 15 is 0 Å². The monoisotopic (exact) mass is 207 g/mol. The summed E-state index contributed by atoms with van der Waals surface area (Å²) in [5.74, 6) is 0.956. The minimum atomic E-state index is 0.421.